The maximum absolute atomic E-state index is 8.97. The molecule has 0 saturated heterocycles. The fraction of sp³-hybridized carbons (Fsp3) is 0.176. The number of hydrogen-bond acceptors (Lipinski definition) is 5. The standard InChI is InChI=1S/C17H15N5S/c1-2-22-16(15-6-8-19-9-7-15)20-21-17(22)23-12-14-5-3-4-13(10-14)11-18/h3-10H,2,12H2,1H3. The number of benzene rings is 1. The molecular weight excluding hydrogens is 306 g/mol. The molecule has 6 heteroatoms. The van der Waals surface area contributed by atoms with Gasteiger partial charge in [-0.3, -0.25) is 4.98 Å². The third-order valence-corrected chi connectivity index (χ3v) is 4.43. The van der Waals surface area contributed by atoms with Gasteiger partial charge in [0.15, 0.2) is 11.0 Å². The third-order valence-electron chi connectivity index (χ3n) is 3.40. The van der Waals surface area contributed by atoms with E-state index in [1.54, 1.807) is 24.2 Å². The molecule has 0 saturated carbocycles. The second-order valence-corrected chi connectivity index (χ2v) is 5.83. The molecule has 0 radical (unpaired) electrons. The Kier molecular flexibility index (Phi) is 4.69. The Labute approximate surface area is 139 Å². The van der Waals surface area contributed by atoms with E-state index >= 15 is 0 Å². The van der Waals surface area contributed by atoms with Crippen molar-refractivity contribution in [3.63, 3.8) is 0 Å². The Hall–Kier alpha value is -2.65. The van der Waals surface area contributed by atoms with E-state index in [9.17, 15) is 0 Å². The zero-order chi connectivity index (χ0) is 16.1. The first-order valence-corrected chi connectivity index (χ1v) is 8.26. The summed E-state index contributed by atoms with van der Waals surface area (Å²) in [6, 6.07) is 13.7. The lowest BCUT2D eigenvalue weighted by atomic mass is 10.2. The molecule has 0 aliphatic rings. The summed E-state index contributed by atoms with van der Waals surface area (Å²) in [5.41, 5.74) is 2.79. The maximum Gasteiger partial charge on any atom is 0.191 e. The van der Waals surface area contributed by atoms with Crippen LogP contribution < -0.4 is 0 Å². The highest BCUT2D eigenvalue weighted by Gasteiger charge is 2.13. The molecule has 5 nitrogen and oxygen atoms in total. The van der Waals surface area contributed by atoms with E-state index in [1.807, 2.05) is 36.4 Å². The Morgan fingerprint density at radius 2 is 2.00 bits per heavy atom. The largest absolute Gasteiger partial charge is 0.302 e. The second-order valence-electron chi connectivity index (χ2n) is 4.89. The maximum atomic E-state index is 8.97. The predicted octanol–water partition coefficient (Wildman–Crippen LogP) is 3.52. The molecule has 3 rings (SSSR count). The van der Waals surface area contributed by atoms with E-state index in [-0.39, 0.29) is 0 Å². The molecule has 0 amide bonds. The van der Waals surface area contributed by atoms with E-state index < -0.39 is 0 Å². The van der Waals surface area contributed by atoms with Crippen molar-refractivity contribution in [3.8, 4) is 17.5 Å². The van der Waals surface area contributed by atoms with Crippen LogP contribution in [-0.4, -0.2) is 19.7 Å². The van der Waals surface area contributed by atoms with Gasteiger partial charge in [-0.05, 0) is 36.8 Å². The fourth-order valence-corrected chi connectivity index (χ4v) is 3.22. The molecule has 0 bridgehead atoms. The minimum Gasteiger partial charge on any atom is -0.302 e. The minimum absolute atomic E-state index is 0.678. The molecule has 23 heavy (non-hydrogen) atoms. The van der Waals surface area contributed by atoms with Crippen LogP contribution in [0.1, 0.15) is 18.1 Å². The number of thioether (sulfide) groups is 1. The molecule has 1 aromatic carbocycles. The molecule has 0 aliphatic heterocycles. The summed E-state index contributed by atoms with van der Waals surface area (Å²) >= 11 is 1.62. The first-order valence-electron chi connectivity index (χ1n) is 7.27. The average Bonchev–Trinajstić information content (AvgIpc) is 3.04. The smallest absolute Gasteiger partial charge is 0.191 e. The highest BCUT2D eigenvalue weighted by Crippen LogP contribution is 2.26. The van der Waals surface area contributed by atoms with Gasteiger partial charge in [0, 0.05) is 30.3 Å². The van der Waals surface area contributed by atoms with Gasteiger partial charge in [-0.2, -0.15) is 5.26 Å². The van der Waals surface area contributed by atoms with Crippen molar-refractivity contribution in [1.29, 1.82) is 5.26 Å². The minimum atomic E-state index is 0.678. The Balaban J connectivity index is 1.81. The number of pyridine rings is 1. The molecule has 0 aliphatic carbocycles. The molecule has 0 spiro atoms. The lowest BCUT2D eigenvalue weighted by molar-refractivity contribution is 0.687. The van der Waals surface area contributed by atoms with Crippen molar-refractivity contribution >= 4 is 11.8 Å². The van der Waals surface area contributed by atoms with E-state index in [2.05, 4.69) is 32.7 Å². The number of aromatic nitrogens is 4. The summed E-state index contributed by atoms with van der Waals surface area (Å²) in [6.45, 7) is 2.87. The SMILES string of the molecule is CCn1c(SCc2cccc(C#N)c2)nnc1-c1ccncc1. The topological polar surface area (TPSA) is 67.4 Å². The Bertz CT molecular complexity index is 836. The van der Waals surface area contributed by atoms with Gasteiger partial charge in [0.05, 0.1) is 11.6 Å². The average molecular weight is 321 g/mol. The molecule has 0 fully saturated rings. The zero-order valence-electron chi connectivity index (χ0n) is 12.7. The van der Waals surface area contributed by atoms with Crippen molar-refractivity contribution in [1.82, 2.24) is 19.7 Å². The van der Waals surface area contributed by atoms with E-state index in [1.165, 1.54) is 0 Å². The molecule has 0 atom stereocenters. The molecular formula is C17H15N5S. The molecule has 3 aromatic rings. The molecule has 2 heterocycles. The van der Waals surface area contributed by atoms with Crippen molar-refractivity contribution < 1.29 is 0 Å². The normalized spacial score (nSPS) is 10.4. The number of nitrogens with zero attached hydrogens (tertiary/aromatic N) is 5. The third kappa shape index (κ3) is 3.41. The van der Waals surface area contributed by atoms with E-state index in [0.717, 1.165) is 34.4 Å². The summed E-state index contributed by atoms with van der Waals surface area (Å²) in [6.07, 6.45) is 3.51. The first-order chi connectivity index (χ1) is 11.3. The highest BCUT2D eigenvalue weighted by molar-refractivity contribution is 7.98. The van der Waals surface area contributed by atoms with Crippen molar-refractivity contribution in [2.24, 2.45) is 0 Å². The van der Waals surface area contributed by atoms with Crippen LogP contribution in [0.2, 0.25) is 0 Å². The van der Waals surface area contributed by atoms with E-state index in [0.29, 0.717) is 5.56 Å². The van der Waals surface area contributed by atoms with Gasteiger partial charge < -0.3 is 4.57 Å². The summed E-state index contributed by atoms with van der Waals surface area (Å²) in [5, 5.41) is 18.5. The quantitative estimate of drug-likeness (QED) is 0.673. The van der Waals surface area contributed by atoms with Gasteiger partial charge in [0.1, 0.15) is 0 Å². The second kappa shape index (κ2) is 7.07. The van der Waals surface area contributed by atoms with Crippen LogP contribution in [-0.2, 0) is 12.3 Å². The van der Waals surface area contributed by atoms with Gasteiger partial charge >= 0.3 is 0 Å². The van der Waals surface area contributed by atoms with Crippen molar-refractivity contribution in [2.45, 2.75) is 24.4 Å². The summed E-state index contributed by atoms with van der Waals surface area (Å²) in [7, 11) is 0. The van der Waals surface area contributed by atoms with Crippen LogP contribution in [0.4, 0.5) is 0 Å². The first kappa shape index (κ1) is 15.3. The Morgan fingerprint density at radius 1 is 1.17 bits per heavy atom. The summed E-state index contributed by atoms with van der Waals surface area (Å²) in [4.78, 5) is 4.04. The number of rotatable bonds is 5. The van der Waals surface area contributed by atoms with Gasteiger partial charge in [0.25, 0.3) is 0 Å². The van der Waals surface area contributed by atoms with Gasteiger partial charge in [0.2, 0.25) is 0 Å². The lowest BCUT2D eigenvalue weighted by Crippen LogP contribution is -2.00. The fourth-order valence-electron chi connectivity index (χ4n) is 2.27. The van der Waals surface area contributed by atoms with Crippen LogP contribution in [0, 0.1) is 11.3 Å². The molecule has 114 valence electrons. The molecule has 2 aromatic heterocycles. The predicted molar refractivity (Wildman–Crippen MR) is 89.6 cm³/mol. The van der Waals surface area contributed by atoms with Crippen LogP contribution in [0.3, 0.4) is 0 Å². The lowest BCUT2D eigenvalue weighted by Gasteiger charge is -2.07. The van der Waals surface area contributed by atoms with Crippen LogP contribution >= 0.6 is 11.8 Å². The number of nitriles is 1. The van der Waals surface area contributed by atoms with Crippen LogP contribution in [0.25, 0.3) is 11.4 Å². The summed E-state index contributed by atoms with van der Waals surface area (Å²) in [5.74, 6) is 1.60. The molecule has 0 N–H and O–H groups in total. The van der Waals surface area contributed by atoms with Gasteiger partial charge in [-0.15, -0.1) is 10.2 Å². The monoisotopic (exact) mass is 321 g/mol. The zero-order valence-corrected chi connectivity index (χ0v) is 13.5. The van der Waals surface area contributed by atoms with Gasteiger partial charge in [-0.1, -0.05) is 23.9 Å². The van der Waals surface area contributed by atoms with Crippen molar-refractivity contribution in [3.05, 3.63) is 59.9 Å². The number of hydrogen-bond donors (Lipinski definition) is 0. The van der Waals surface area contributed by atoms with Crippen molar-refractivity contribution in [2.75, 3.05) is 0 Å². The molecule has 0 unspecified atom stereocenters. The summed E-state index contributed by atoms with van der Waals surface area (Å²) < 4.78 is 2.09. The highest BCUT2D eigenvalue weighted by atomic mass is 32.2. The van der Waals surface area contributed by atoms with E-state index in [4.69, 9.17) is 5.26 Å². The van der Waals surface area contributed by atoms with Crippen LogP contribution in [0.15, 0.2) is 53.9 Å². The van der Waals surface area contributed by atoms with Crippen LogP contribution in [0.5, 0.6) is 0 Å². The Morgan fingerprint density at radius 3 is 2.74 bits per heavy atom. The van der Waals surface area contributed by atoms with Gasteiger partial charge in [-0.25, -0.2) is 0 Å².